The van der Waals surface area contributed by atoms with Crippen LogP contribution in [0.25, 0.3) is 0 Å². The maximum Gasteiger partial charge on any atom is 0.170 e. The molecule has 14 heavy (non-hydrogen) atoms. The SMILES string of the molecule is CO/N=C(\N)c1ccc(CN)c(F)c1. The Labute approximate surface area is 81.3 Å². The Kier molecular flexibility index (Phi) is 3.41. The highest BCUT2D eigenvalue weighted by atomic mass is 19.1. The second kappa shape index (κ2) is 4.57. The first-order chi connectivity index (χ1) is 6.69. The Morgan fingerprint density at radius 1 is 1.57 bits per heavy atom. The standard InChI is InChI=1S/C9H12FN3O/c1-14-13-9(12)6-2-3-7(5-11)8(10)4-6/h2-4H,5,11H2,1H3,(H2,12,13). The average molecular weight is 197 g/mol. The molecule has 0 fully saturated rings. The van der Waals surface area contributed by atoms with Gasteiger partial charge in [-0.1, -0.05) is 17.3 Å². The van der Waals surface area contributed by atoms with Gasteiger partial charge in [-0.05, 0) is 6.07 Å². The van der Waals surface area contributed by atoms with Crippen LogP contribution in [0.15, 0.2) is 23.4 Å². The Hall–Kier alpha value is -1.62. The highest BCUT2D eigenvalue weighted by Gasteiger charge is 2.04. The van der Waals surface area contributed by atoms with Gasteiger partial charge < -0.3 is 16.3 Å². The number of nitrogens with zero attached hydrogens (tertiary/aromatic N) is 1. The van der Waals surface area contributed by atoms with E-state index in [1.165, 1.54) is 13.2 Å². The molecule has 0 aromatic heterocycles. The molecule has 5 heteroatoms. The van der Waals surface area contributed by atoms with Gasteiger partial charge in [-0.3, -0.25) is 0 Å². The lowest BCUT2D eigenvalue weighted by atomic mass is 10.1. The van der Waals surface area contributed by atoms with Crippen LogP contribution >= 0.6 is 0 Å². The van der Waals surface area contributed by atoms with E-state index in [1.54, 1.807) is 12.1 Å². The van der Waals surface area contributed by atoms with E-state index >= 15 is 0 Å². The summed E-state index contributed by atoms with van der Waals surface area (Å²) in [5.41, 5.74) is 11.7. The highest BCUT2D eigenvalue weighted by Crippen LogP contribution is 2.09. The van der Waals surface area contributed by atoms with E-state index < -0.39 is 0 Å². The molecule has 1 rings (SSSR count). The van der Waals surface area contributed by atoms with E-state index in [0.29, 0.717) is 11.1 Å². The summed E-state index contributed by atoms with van der Waals surface area (Å²) >= 11 is 0. The van der Waals surface area contributed by atoms with Gasteiger partial charge in [-0.25, -0.2) is 4.39 Å². The van der Waals surface area contributed by atoms with Crippen molar-refractivity contribution in [2.45, 2.75) is 6.54 Å². The van der Waals surface area contributed by atoms with E-state index in [2.05, 4.69) is 9.99 Å². The molecule has 0 saturated carbocycles. The van der Waals surface area contributed by atoms with Gasteiger partial charge in [0.2, 0.25) is 0 Å². The molecule has 4 nitrogen and oxygen atoms in total. The van der Waals surface area contributed by atoms with Crippen LogP contribution in [0, 0.1) is 5.82 Å². The fourth-order valence-electron chi connectivity index (χ4n) is 1.02. The minimum absolute atomic E-state index is 0.134. The molecule has 0 spiro atoms. The van der Waals surface area contributed by atoms with Crippen molar-refractivity contribution in [1.82, 2.24) is 0 Å². The first-order valence-corrected chi connectivity index (χ1v) is 4.04. The third kappa shape index (κ3) is 2.20. The third-order valence-electron chi connectivity index (χ3n) is 1.76. The molecule has 0 aliphatic carbocycles. The molecular weight excluding hydrogens is 185 g/mol. The number of halogens is 1. The van der Waals surface area contributed by atoms with E-state index in [-0.39, 0.29) is 18.2 Å². The number of oxime groups is 1. The average Bonchev–Trinajstić information content (AvgIpc) is 2.18. The van der Waals surface area contributed by atoms with E-state index in [4.69, 9.17) is 11.5 Å². The number of benzene rings is 1. The molecule has 0 atom stereocenters. The van der Waals surface area contributed by atoms with Crippen molar-refractivity contribution in [3.8, 4) is 0 Å². The minimum atomic E-state index is -0.390. The van der Waals surface area contributed by atoms with Gasteiger partial charge in [0.25, 0.3) is 0 Å². The third-order valence-corrected chi connectivity index (χ3v) is 1.76. The van der Waals surface area contributed by atoms with Crippen molar-refractivity contribution in [3.63, 3.8) is 0 Å². The molecule has 1 aromatic rings. The van der Waals surface area contributed by atoms with Crippen LogP contribution in [-0.4, -0.2) is 12.9 Å². The van der Waals surface area contributed by atoms with E-state index in [1.807, 2.05) is 0 Å². The largest absolute Gasteiger partial charge is 0.397 e. The fourth-order valence-corrected chi connectivity index (χ4v) is 1.02. The molecule has 0 unspecified atom stereocenters. The molecule has 0 aliphatic rings. The summed E-state index contributed by atoms with van der Waals surface area (Å²) in [6, 6.07) is 4.49. The molecule has 0 heterocycles. The van der Waals surface area contributed by atoms with Crippen LogP contribution in [0.1, 0.15) is 11.1 Å². The van der Waals surface area contributed by atoms with Gasteiger partial charge in [-0.2, -0.15) is 0 Å². The van der Waals surface area contributed by atoms with Crippen LogP contribution in [0.2, 0.25) is 0 Å². The summed E-state index contributed by atoms with van der Waals surface area (Å²) in [5.74, 6) is -0.255. The lowest BCUT2D eigenvalue weighted by Crippen LogP contribution is -2.14. The second-order valence-corrected chi connectivity index (χ2v) is 2.67. The van der Waals surface area contributed by atoms with Crippen LogP contribution in [-0.2, 0) is 11.4 Å². The summed E-state index contributed by atoms with van der Waals surface area (Å²) in [4.78, 5) is 4.47. The molecule has 76 valence electrons. The molecule has 0 saturated heterocycles. The van der Waals surface area contributed by atoms with Crippen LogP contribution in [0.4, 0.5) is 4.39 Å². The molecule has 0 bridgehead atoms. The molecule has 4 N–H and O–H groups in total. The van der Waals surface area contributed by atoms with Gasteiger partial charge in [0.05, 0.1) is 0 Å². The monoisotopic (exact) mass is 197 g/mol. The van der Waals surface area contributed by atoms with Gasteiger partial charge in [0, 0.05) is 17.7 Å². The van der Waals surface area contributed by atoms with Crippen LogP contribution in [0.3, 0.4) is 0 Å². The van der Waals surface area contributed by atoms with E-state index in [0.717, 1.165) is 0 Å². The molecule has 0 radical (unpaired) electrons. The number of rotatable bonds is 3. The lowest BCUT2D eigenvalue weighted by molar-refractivity contribution is 0.213. The van der Waals surface area contributed by atoms with Gasteiger partial charge in [0.15, 0.2) is 5.84 Å². The fraction of sp³-hybridized carbons (Fsp3) is 0.222. The maximum atomic E-state index is 13.2. The number of hydrogen-bond acceptors (Lipinski definition) is 3. The zero-order chi connectivity index (χ0) is 10.6. The van der Waals surface area contributed by atoms with Gasteiger partial charge >= 0.3 is 0 Å². The highest BCUT2D eigenvalue weighted by molar-refractivity contribution is 5.97. The maximum absolute atomic E-state index is 13.2. The Morgan fingerprint density at radius 2 is 2.29 bits per heavy atom. The van der Waals surface area contributed by atoms with Crippen molar-refractivity contribution >= 4 is 5.84 Å². The topological polar surface area (TPSA) is 73.6 Å². The molecular formula is C9H12FN3O. The van der Waals surface area contributed by atoms with Crippen molar-refractivity contribution in [1.29, 1.82) is 0 Å². The Bertz CT molecular complexity index is 352. The number of amidine groups is 1. The van der Waals surface area contributed by atoms with Crippen LogP contribution in [0.5, 0.6) is 0 Å². The first-order valence-electron chi connectivity index (χ1n) is 4.04. The quantitative estimate of drug-likeness (QED) is 0.422. The summed E-state index contributed by atoms with van der Waals surface area (Å²) in [6.07, 6.45) is 0. The first kappa shape index (κ1) is 10.5. The number of hydrogen-bond donors (Lipinski definition) is 2. The van der Waals surface area contributed by atoms with Crippen molar-refractivity contribution in [2.24, 2.45) is 16.6 Å². The zero-order valence-electron chi connectivity index (χ0n) is 7.83. The normalized spacial score (nSPS) is 11.5. The van der Waals surface area contributed by atoms with Crippen molar-refractivity contribution in [3.05, 3.63) is 35.1 Å². The van der Waals surface area contributed by atoms with Crippen molar-refractivity contribution in [2.75, 3.05) is 7.11 Å². The Balaban J connectivity index is 3.02. The zero-order valence-corrected chi connectivity index (χ0v) is 7.83. The summed E-state index contributed by atoms with van der Waals surface area (Å²) in [5, 5.41) is 3.49. The second-order valence-electron chi connectivity index (χ2n) is 2.67. The Morgan fingerprint density at radius 3 is 2.79 bits per heavy atom. The number of nitrogens with two attached hydrogens (primary N) is 2. The molecule has 0 amide bonds. The summed E-state index contributed by atoms with van der Waals surface area (Å²) < 4.78 is 13.2. The smallest absolute Gasteiger partial charge is 0.170 e. The van der Waals surface area contributed by atoms with Crippen molar-refractivity contribution < 1.29 is 9.23 Å². The lowest BCUT2D eigenvalue weighted by Gasteiger charge is -2.03. The van der Waals surface area contributed by atoms with E-state index in [9.17, 15) is 4.39 Å². The predicted octanol–water partition coefficient (Wildman–Crippen LogP) is 0.551. The molecule has 1 aromatic carbocycles. The van der Waals surface area contributed by atoms with Crippen LogP contribution < -0.4 is 11.5 Å². The summed E-state index contributed by atoms with van der Waals surface area (Å²) in [7, 11) is 1.37. The minimum Gasteiger partial charge on any atom is -0.397 e. The van der Waals surface area contributed by atoms with Gasteiger partial charge in [0.1, 0.15) is 12.9 Å². The van der Waals surface area contributed by atoms with Gasteiger partial charge in [-0.15, -0.1) is 0 Å². The molecule has 0 aliphatic heterocycles. The predicted molar refractivity (Wildman–Crippen MR) is 52.0 cm³/mol. The summed E-state index contributed by atoms with van der Waals surface area (Å²) in [6.45, 7) is 0.160.